The Morgan fingerprint density at radius 3 is 2.71 bits per heavy atom. The van der Waals surface area contributed by atoms with Gasteiger partial charge in [-0.1, -0.05) is 30.3 Å². The number of nitrogens with two attached hydrogens (primary N) is 1. The van der Waals surface area contributed by atoms with E-state index in [1.54, 1.807) is 0 Å². The normalized spacial score (nSPS) is 10.2. The Labute approximate surface area is 104 Å². The van der Waals surface area contributed by atoms with Crippen molar-refractivity contribution in [2.45, 2.75) is 6.42 Å². The van der Waals surface area contributed by atoms with Crippen LogP contribution in [0.3, 0.4) is 0 Å². The molecule has 3 nitrogen and oxygen atoms in total. The zero-order valence-corrected chi connectivity index (χ0v) is 10.3. The molecule has 0 unspecified atom stereocenters. The SMILES string of the molecule is COC(=O)c1scc(Cc2ccccc2)c1N. The van der Waals surface area contributed by atoms with Crippen LogP contribution in [0, 0.1) is 0 Å². The Morgan fingerprint density at radius 2 is 2.06 bits per heavy atom. The van der Waals surface area contributed by atoms with Crippen molar-refractivity contribution in [1.29, 1.82) is 0 Å². The second-order valence-corrected chi connectivity index (χ2v) is 4.54. The minimum atomic E-state index is -0.369. The van der Waals surface area contributed by atoms with E-state index < -0.39 is 0 Å². The highest BCUT2D eigenvalue weighted by molar-refractivity contribution is 7.12. The van der Waals surface area contributed by atoms with Crippen molar-refractivity contribution in [3.8, 4) is 0 Å². The van der Waals surface area contributed by atoms with Gasteiger partial charge in [0.1, 0.15) is 4.88 Å². The predicted molar refractivity (Wildman–Crippen MR) is 69.3 cm³/mol. The van der Waals surface area contributed by atoms with Crippen LogP contribution in [0.5, 0.6) is 0 Å². The molecule has 0 amide bonds. The molecule has 4 heteroatoms. The first kappa shape index (κ1) is 11.7. The van der Waals surface area contributed by atoms with Gasteiger partial charge in [0.15, 0.2) is 0 Å². The first-order valence-corrected chi connectivity index (χ1v) is 6.08. The molecule has 2 N–H and O–H groups in total. The molecular formula is C13H13NO2S. The lowest BCUT2D eigenvalue weighted by Crippen LogP contribution is -2.03. The Kier molecular flexibility index (Phi) is 3.44. The molecule has 17 heavy (non-hydrogen) atoms. The number of carbonyl (C=O) groups is 1. The van der Waals surface area contributed by atoms with E-state index in [0.717, 1.165) is 12.0 Å². The van der Waals surface area contributed by atoms with Crippen LogP contribution >= 0.6 is 11.3 Å². The van der Waals surface area contributed by atoms with E-state index in [-0.39, 0.29) is 5.97 Å². The van der Waals surface area contributed by atoms with Crippen molar-refractivity contribution in [1.82, 2.24) is 0 Å². The standard InChI is InChI=1S/C13H13NO2S/c1-16-13(15)12-11(14)10(8-17-12)7-9-5-3-2-4-6-9/h2-6,8H,7,14H2,1H3. The molecule has 0 radical (unpaired) electrons. The number of nitrogen functional groups attached to an aromatic ring is 1. The molecule has 2 rings (SSSR count). The van der Waals surface area contributed by atoms with Gasteiger partial charge in [-0.2, -0.15) is 0 Å². The number of hydrogen-bond donors (Lipinski definition) is 1. The summed E-state index contributed by atoms with van der Waals surface area (Å²) in [4.78, 5) is 11.9. The maximum Gasteiger partial charge on any atom is 0.350 e. The van der Waals surface area contributed by atoms with Crippen LogP contribution in [0.1, 0.15) is 20.8 Å². The summed E-state index contributed by atoms with van der Waals surface area (Å²) in [6.07, 6.45) is 0.736. The van der Waals surface area contributed by atoms with Gasteiger partial charge < -0.3 is 10.5 Å². The number of ether oxygens (including phenoxy) is 1. The average Bonchev–Trinajstić information content (AvgIpc) is 2.72. The molecule has 1 aromatic carbocycles. The summed E-state index contributed by atoms with van der Waals surface area (Å²) in [5.74, 6) is -0.369. The van der Waals surface area contributed by atoms with Gasteiger partial charge in [-0.25, -0.2) is 4.79 Å². The van der Waals surface area contributed by atoms with E-state index in [2.05, 4.69) is 4.74 Å². The monoisotopic (exact) mass is 247 g/mol. The van der Waals surface area contributed by atoms with Gasteiger partial charge in [-0.3, -0.25) is 0 Å². The van der Waals surface area contributed by atoms with Gasteiger partial charge in [-0.05, 0) is 16.5 Å². The number of methoxy groups -OCH3 is 1. The Balaban J connectivity index is 2.24. The quantitative estimate of drug-likeness (QED) is 0.848. The third kappa shape index (κ3) is 2.47. The Bertz CT molecular complexity index is 519. The fraction of sp³-hybridized carbons (Fsp3) is 0.154. The summed E-state index contributed by atoms with van der Waals surface area (Å²) >= 11 is 1.33. The molecule has 0 spiro atoms. The molecule has 1 aromatic heterocycles. The topological polar surface area (TPSA) is 52.3 Å². The highest BCUT2D eigenvalue weighted by Crippen LogP contribution is 2.27. The summed E-state index contributed by atoms with van der Waals surface area (Å²) in [7, 11) is 1.36. The highest BCUT2D eigenvalue weighted by atomic mass is 32.1. The number of esters is 1. The molecule has 0 aliphatic rings. The first-order chi connectivity index (χ1) is 8.22. The molecule has 0 aliphatic heterocycles. The molecule has 88 valence electrons. The lowest BCUT2D eigenvalue weighted by Gasteiger charge is -2.01. The van der Waals surface area contributed by atoms with Crippen molar-refractivity contribution in [2.24, 2.45) is 0 Å². The third-order valence-corrected chi connectivity index (χ3v) is 3.54. The van der Waals surface area contributed by atoms with E-state index in [9.17, 15) is 4.79 Å². The van der Waals surface area contributed by atoms with Gasteiger partial charge in [0.05, 0.1) is 12.8 Å². The van der Waals surface area contributed by atoms with Crippen molar-refractivity contribution in [3.63, 3.8) is 0 Å². The summed E-state index contributed by atoms with van der Waals surface area (Å²) < 4.78 is 4.67. The van der Waals surface area contributed by atoms with Crippen LogP contribution in [0.2, 0.25) is 0 Å². The third-order valence-electron chi connectivity index (χ3n) is 2.52. The van der Waals surface area contributed by atoms with Crippen LogP contribution in [0.15, 0.2) is 35.7 Å². The summed E-state index contributed by atoms with van der Waals surface area (Å²) in [5, 5.41) is 1.91. The van der Waals surface area contributed by atoms with Gasteiger partial charge in [-0.15, -0.1) is 11.3 Å². The number of anilines is 1. The zero-order valence-electron chi connectivity index (χ0n) is 9.47. The molecule has 0 aliphatic carbocycles. The smallest absolute Gasteiger partial charge is 0.350 e. The average molecular weight is 247 g/mol. The molecule has 0 saturated heterocycles. The first-order valence-electron chi connectivity index (χ1n) is 5.20. The lowest BCUT2D eigenvalue weighted by atomic mass is 10.1. The van der Waals surface area contributed by atoms with E-state index in [4.69, 9.17) is 5.73 Å². The molecule has 0 saturated carbocycles. The fourth-order valence-electron chi connectivity index (χ4n) is 1.61. The number of hydrogen-bond acceptors (Lipinski definition) is 4. The van der Waals surface area contributed by atoms with Crippen molar-refractivity contribution >= 4 is 23.0 Å². The molecule has 0 atom stereocenters. The number of benzene rings is 1. The van der Waals surface area contributed by atoms with Gasteiger partial charge in [0.2, 0.25) is 0 Å². The molecule has 1 heterocycles. The molecule has 0 bridgehead atoms. The fourth-order valence-corrected chi connectivity index (χ4v) is 2.51. The minimum absolute atomic E-state index is 0.369. The lowest BCUT2D eigenvalue weighted by molar-refractivity contribution is 0.0607. The largest absolute Gasteiger partial charge is 0.465 e. The number of rotatable bonds is 3. The predicted octanol–water partition coefficient (Wildman–Crippen LogP) is 2.71. The minimum Gasteiger partial charge on any atom is -0.465 e. The van der Waals surface area contributed by atoms with E-state index in [1.807, 2.05) is 35.7 Å². The van der Waals surface area contributed by atoms with Crippen LogP contribution in [-0.4, -0.2) is 13.1 Å². The molecule has 2 aromatic rings. The maximum atomic E-state index is 11.4. The van der Waals surface area contributed by atoms with Crippen LogP contribution < -0.4 is 5.73 Å². The van der Waals surface area contributed by atoms with Gasteiger partial charge in [0, 0.05) is 6.42 Å². The second kappa shape index (κ2) is 5.01. The summed E-state index contributed by atoms with van der Waals surface area (Å²) in [6.45, 7) is 0. The van der Waals surface area contributed by atoms with E-state index in [0.29, 0.717) is 10.6 Å². The van der Waals surface area contributed by atoms with Gasteiger partial charge in [0.25, 0.3) is 0 Å². The summed E-state index contributed by atoms with van der Waals surface area (Å²) in [6, 6.07) is 10.0. The Morgan fingerprint density at radius 1 is 1.35 bits per heavy atom. The Hall–Kier alpha value is -1.81. The van der Waals surface area contributed by atoms with Gasteiger partial charge >= 0.3 is 5.97 Å². The van der Waals surface area contributed by atoms with Crippen LogP contribution in [0.4, 0.5) is 5.69 Å². The van der Waals surface area contributed by atoms with E-state index >= 15 is 0 Å². The van der Waals surface area contributed by atoms with Crippen LogP contribution in [0.25, 0.3) is 0 Å². The van der Waals surface area contributed by atoms with Crippen LogP contribution in [-0.2, 0) is 11.2 Å². The number of thiophene rings is 1. The van der Waals surface area contributed by atoms with E-state index in [1.165, 1.54) is 24.0 Å². The zero-order chi connectivity index (χ0) is 12.3. The molecular weight excluding hydrogens is 234 g/mol. The van der Waals surface area contributed by atoms with Crippen molar-refractivity contribution < 1.29 is 9.53 Å². The van der Waals surface area contributed by atoms with Crippen molar-refractivity contribution in [2.75, 3.05) is 12.8 Å². The number of carbonyl (C=O) groups excluding carboxylic acids is 1. The highest BCUT2D eigenvalue weighted by Gasteiger charge is 2.15. The second-order valence-electron chi connectivity index (χ2n) is 3.66. The van der Waals surface area contributed by atoms with Crippen molar-refractivity contribution in [3.05, 3.63) is 51.7 Å². The summed E-state index contributed by atoms with van der Waals surface area (Å²) in [5.41, 5.74) is 8.62. The molecule has 0 fully saturated rings. The maximum absolute atomic E-state index is 11.4.